The first-order chi connectivity index (χ1) is 17.5. The van der Waals surface area contributed by atoms with E-state index in [0.29, 0.717) is 28.8 Å². The zero-order chi connectivity index (χ0) is 25.3. The number of rotatable bonds is 9. The number of thiazole rings is 1. The van der Waals surface area contributed by atoms with Crippen molar-refractivity contribution in [3.63, 3.8) is 0 Å². The number of aryl methyl sites for hydroxylation is 1. The van der Waals surface area contributed by atoms with Gasteiger partial charge in [-0.2, -0.15) is 5.26 Å². The summed E-state index contributed by atoms with van der Waals surface area (Å²) in [6.45, 7) is 2.45. The molecule has 36 heavy (non-hydrogen) atoms. The molecule has 6 nitrogen and oxygen atoms in total. The summed E-state index contributed by atoms with van der Waals surface area (Å²) in [6.07, 6.45) is 3.99. The summed E-state index contributed by atoms with van der Waals surface area (Å²) in [5.41, 5.74) is 4.02. The van der Waals surface area contributed by atoms with Gasteiger partial charge in [0.25, 0.3) is 5.91 Å². The van der Waals surface area contributed by atoms with Crippen LogP contribution in [0.4, 0.5) is 5.13 Å². The Morgan fingerprint density at radius 3 is 2.56 bits per heavy atom. The smallest absolute Gasteiger partial charge is 0.268 e. The quantitative estimate of drug-likeness (QED) is 0.222. The van der Waals surface area contributed by atoms with Gasteiger partial charge in [0.2, 0.25) is 0 Å². The number of ether oxygens (including phenoxy) is 2. The lowest BCUT2D eigenvalue weighted by Crippen LogP contribution is -2.13. The monoisotopic (exact) mass is 495 g/mol. The second kappa shape index (κ2) is 11.8. The van der Waals surface area contributed by atoms with E-state index in [1.807, 2.05) is 36.4 Å². The van der Waals surface area contributed by atoms with Gasteiger partial charge in [0.05, 0.1) is 7.11 Å². The fourth-order valence-electron chi connectivity index (χ4n) is 3.46. The standard InChI is InChI=1S/C29H25N3O3S/c1-20-8-10-21(11-9-20)15-25-18-31-29(36-25)32-28(33)24(17-30)14-23-12-13-26(27(16-23)34-2)35-19-22-6-4-3-5-7-22/h3-14,16,18H,15,19H2,1-2H3,(H,31,32,33). The molecule has 1 N–H and O–H groups in total. The van der Waals surface area contributed by atoms with Gasteiger partial charge in [0.15, 0.2) is 16.6 Å². The van der Waals surface area contributed by atoms with E-state index in [0.717, 1.165) is 16.9 Å². The zero-order valence-corrected chi connectivity index (χ0v) is 20.8. The van der Waals surface area contributed by atoms with Crippen LogP contribution in [0.1, 0.15) is 27.1 Å². The van der Waals surface area contributed by atoms with Crippen molar-refractivity contribution in [2.24, 2.45) is 0 Å². The van der Waals surface area contributed by atoms with Crippen LogP contribution < -0.4 is 14.8 Å². The molecular formula is C29H25N3O3S. The molecule has 0 fully saturated rings. The fraction of sp³-hybridized carbons (Fsp3) is 0.138. The van der Waals surface area contributed by atoms with Gasteiger partial charge in [-0.3, -0.25) is 10.1 Å². The molecule has 7 heteroatoms. The number of hydrogen-bond acceptors (Lipinski definition) is 6. The highest BCUT2D eigenvalue weighted by atomic mass is 32.1. The maximum absolute atomic E-state index is 12.7. The SMILES string of the molecule is COc1cc(C=C(C#N)C(=O)Nc2ncc(Cc3ccc(C)cc3)s2)ccc1OCc1ccccc1. The number of carbonyl (C=O) groups is 1. The lowest BCUT2D eigenvalue weighted by atomic mass is 10.1. The largest absolute Gasteiger partial charge is 0.493 e. The average molecular weight is 496 g/mol. The van der Waals surface area contributed by atoms with Crippen LogP contribution in [0, 0.1) is 18.3 Å². The number of anilines is 1. The minimum atomic E-state index is -0.517. The molecule has 4 aromatic rings. The van der Waals surface area contributed by atoms with Gasteiger partial charge in [-0.1, -0.05) is 66.2 Å². The Bertz CT molecular complexity index is 1400. The lowest BCUT2D eigenvalue weighted by molar-refractivity contribution is -0.112. The van der Waals surface area contributed by atoms with Crippen molar-refractivity contribution in [2.75, 3.05) is 12.4 Å². The number of nitrogens with zero attached hydrogens (tertiary/aromatic N) is 2. The number of nitrogens with one attached hydrogen (secondary N) is 1. The van der Waals surface area contributed by atoms with Crippen LogP contribution in [0.15, 0.2) is 84.6 Å². The summed E-state index contributed by atoms with van der Waals surface area (Å²) < 4.78 is 11.3. The molecule has 1 heterocycles. The first-order valence-electron chi connectivity index (χ1n) is 11.3. The molecule has 0 spiro atoms. The van der Waals surface area contributed by atoms with Crippen molar-refractivity contribution in [3.05, 3.63) is 112 Å². The van der Waals surface area contributed by atoms with Gasteiger partial charge in [-0.15, -0.1) is 11.3 Å². The minimum absolute atomic E-state index is 0.0368. The Balaban J connectivity index is 1.42. The lowest BCUT2D eigenvalue weighted by Gasteiger charge is -2.11. The second-order valence-corrected chi connectivity index (χ2v) is 9.22. The molecule has 3 aromatic carbocycles. The summed E-state index contributed by atoms with van der Waals surface area (Å²) >= 11 is 1.39. The number of methoxy groups -OCH3 is 1. The Morgan fingerprint density at radius 2 is 1.83 bits per heavy atom. The summed E-state index contributed by atoms with van der Waals surface area (Å²) in [7, 11) is 1.55. The molecule has 0 unspecified atom stereocenters. The molecule has 0 aliphatic rings. The Labute approximate surface area is 214 Å². The van der Waals surface area contributed by atoms with Crippen molar-refractivity contribution in [3.8, 4) is 17.6 Å². The van der Waals surface area contributed by atoms with Gasteiger partial charge < -0.3 is 9.47 Å². The first kappa shape index (κ1) is 24.7. The van der Waals surface area contributed by atoms with Crippen molar-refractivity contribution in [2.45, 2.75) is 20.0 Å². The van der Waals surface area contributed by atoms with E-state index in [1.54, 1.807) is 31.5 Å². The van der Waals surface area contributed by atoms with E-state index in [-0.39, 0.29) is 5.57 Å². The average Bonchev–Trinajstić information content (AvgIpc) is 3.34. The predicted molar refractivity (Wildman–Crippen MR) is 142 cm³/mol. The summed E-state index contributed by atoms with van der Waals surface area (Å²) in [6, 6.07) is 25.4. The number of benzene rings is 3. The van der Waals surface area contributed by atoms with Crippen LogP contribution in [0.25, 0.3) is 6.08 Å². The van der Waals surface area contributed by atoms with E-state index >= 15 is 0 Å². The van der Waals surface area contributed by atoms with Crippen LogP contribution >= 0.6 is 11.3 Å². The van der Waals surface area contributed by atoms with Crippen LogP contribution in [-0.2, 0) is 17.8 Å². The fourth-order valence-corrected chi connectivity index (χ4v) is 4.30. The Kier molecular flexibility index (Phi) is 8.12. The van der Waals surface area contributed by atoms with Crippen LogP contribution in [0.2, 0.25) is 0 Å². The van der Waals surface area contributed by atoms with Gasteiger partial charge >= 0.3 is 0 Å². The molecule has 0 aliphatic heterocycles. The third kappa shape index (κ3) is 6.59. The molecular weight excluding hydrogens is 470 g/mol. The zero-order valence-electron chi connectivity index (χ0n) is 20.0. The van der Waals surface area contributed by atoms with E-state index < -0.39 is 5.91 Å². The number of carbonyl (C=O) groups excluding carboxylic acids is 1. The molecule has 0 aliphatic carbocycles. The van der Waals surface area contributed by atoms with Crippen molar-refractivity contribution >= 4 is 28.5 Å². The number of amides is 1. The summed E-state index contributed by atoms with van der Waals surface area (Å²) in [5.74, 6) is 0.570. The van der Waals surface area contributed by atoms with E-state index in [9.17, 15) is 10.1 Å². The van der Waals surface area contributed by atoms with Crippen molar-refractivity contribution in [1.29, 1.82) is 5.26 Å². The summed E-state index contributed by atoms with van der Waals surface area (Å²) in [5, 5.41) is 12.8. The molecule has 0 saturated carbocycles. The van der Waals surface area contributed by atoms with E-state index in [4.69, 9.17) is 9.47 Å². The van der Waals surface area contributed by atoms with Crippen molar-refractivity contribution < 1.29 is 14.3 Å². The van der Waals surface area contributed by atoms with E-state index in [2.05, 4.69) is 41.5 Å². The van der Waals surface area contributed by atoms with Crippen molar-refractivity contribution in [1.82, 2.24) is 4.98 Å². The highest BCUT2D eigenvalue weighted by molar-refractivity contribution is 7.15. The van der Waals surface area contributed by atoms with Crippen LogP contribution in [0.5, 0.6) is 11.5 Å². The molecule has 1 aromatic heterocycles. The van der Waals surface area contributed by atoms with E-state index in [1.165, 1.54) is 28.5 Å². The molecule has 0 bridgehead atoms. The van der Waals surface area contributed by atoms with Crippen LogP contribution in [-0.4, -0.2) is 18.0 Å². The molecule has 0 atom stereocenters. The first-order valence-corrected chi connectivity index (χ1v) is 12.1. The molecule has 1 amide bonds. The highest BCUT2D eigenvalue weighted by Gasteiger charge is 2.13. The van der Waals surface area contributed by atoms with Gasteiger partial charge in [-0.05, 0) is 41.8 Å². The third-order valence-electron chi connectivity index (χ3n) is 5.37. The molecule has 0 saturated heterocycles. The third-order valence-corrected chi connectivity index (χ3v) is 6.29. The Hall–Kier alpha value is -4.41. The maximum Gasteiger partial charge on any atom is 0.268 e. The van der Waals surface area contributed by atoms with Gasteiger partial charge in [0, 0.05) is 17.5 Å². The highest BCUT2D eigenvalue weighted by Crippen LogP contribution is 2.30. The predicted octanol–water partition coefficient (Wildman–Crippen LogP) is 6.18. The molecule has 180 valence electrons. The number of hydrogen-bond donors (Lipinski definition) is 1. The Morgan fingerprint density at radius 1 is 1.06 bits per heavy atom. The summed E-state index contributed by atoms with van der Waals surface area (Å²) in [4.78, 5) is 18.1. The van der Waals surface area contributed by atoms with Gasteiger partial charge in [0.1, 0.15) is 18.2 Å². The number of aromatic nitrogens is 1. The topological polar surface area (TPSA) is 84.2 Å². The normalized spacial score (nSPS) is 11.0. The van der Waals surface area contributed by atoms with Gasteiger partial charge in [-0.25, -0.2) is 4.98 Å². The minimum Gasteiger partial charge on any atom is -0.493 e. The molecule has 0 radical (unpaired) electrons. The number of nitriles is 1. The van der Waals surface area contributed by atoms with Crippen LogP contribution in [0.3, 0.4) is 0 Å². The second-order valence-electron chi connectivity index (χ2n) is 8.10. The maximum atomic E-state index is 12.7. The molecule has 4 rings (SSSR count).